The fourth-order valence-corrected chi connectivity index (χ4v) is 2.87. The smallest absolute Gasteiger partial charge is 0.161 e. The highest BCUT2D eigenvalue weighted by atomic mass is 35.5. The Kier molecular flexibility index (Phi) is 4.31. The Labute approximate surface area is 123 Å². The van der Waals surface area contributed by atoms with Crippen LogP contribution in [0.2, 0.25) is 5.02 Å². The van der Waals surface area contributed by atoms with Crippen LogP contribution in [0.15, 0.2) is 17.1 Å². The van der Waals surface area contributed by atoms with Crippen molar-refractivity contribution in [3.05, 3.63) is 22.7 Å². The zero-order chi connectivity index (χ0) is 14.0. The molecule has 1 aromatic rings. The fraction of sp³-hybridized carbons (Fsp3) is 0.500. The van der Waals surface area contributed by atoms with E-state index in [1.807, 2.05) is 19.1 Å². The van der Waals surface area contributed by atoms with E-state index in [9.17, 15) is 0 Å². The van der Waals surface area contributed by atoms with E-state index in [1.54, 1.807) is 18.9 Å². The number of benzene rings is 1. The molecule has 0 saturated heterocycles. The number of aliphatic imine (C=N–C) groups is 1. The van der Waals surface area contributed by atoms with Gasteiger partial charge in [-0.05, 0) is 24.0 Å². The highest BCUT2D eigenvalue weighted by molar-refractivity contribution is 8.14. The molecule has 1 aliphatic heterocycles. The monoisotopic (exact) mass is 298 g/mol. The third kappa shape index (κ3) is 3.57. The van der Waals surface area contributed by atoms with E-state index in [1.165, 1.54) is 0 Å². The van der Waals surface area contributed by atoms with Gasteiger partial charge in [0.05, 0.1) is 12.8 Å². The van der Waals surface area contributed by atoms with Crippen molar-refractivity contribution in [1.29, 1.82) is 0 Å². The number of hydrogen-bond acceptors (Lipinski definition) is 4. The van der Waals surface area contributed by atoms with Crippen molar-refractivity contribution >= 4 is 34.2 Å². The first kappa shape index (κ1) is 14.5. The zero-order valence-corrected chi connectivity index (χ0v) is 13.3. The number of thioether (sulfide) groups is 1. The number of halogens is 1. The maximum absolute atomic E-state index is 6.10. The Morgan fingerprint density at radius 2 is 2.16 bits per heavy atom. The van der Waals surface area contributed by atoms with E-state index in [2.05, 4.69) is 24.2 Å². The predicted molar refractivity (Wildman–Crippen MR) is 84.9 cm³/mol. The highest BCUT2D eigenvalue weighted by Gasteiger charge is 2.23. The second kappa shape index (κ2) is 5.63. The van der Waals surface area contributed by atoms with E-state index in [0.717, 1.165) is 34.5 Å². The average Bonchev–Trinajstić information content (AvgIpc) is 2.36. The SMILES string of the molecule is COc1cc(Cl)c(C)cc1NC1=NCC(C)(C)CS1. The van der Waals surface area contributed by atoms with Gasteiger partial charge in [-0.3, -0.25) is 4.99 Å². The molecule has 0 amide bonds. The summed E-state index contributed by atoms with van der Waals surface area (Å²) < 4.78 is 5.35. The van der Waals surface area contributed by atoms with E-state index < -0.39 is 0 Å². The number of rotatable bonds is 2. The van der Waals surface area contributed by atoms with Gasteiger partial charge in [0, 0.05) is 23.4 Å². The molecular formula is C14H19ClN2OS. The molecule has 1 aliphatic rings. The van der Waals surface area contributed by atoms with Crippen molar-refractivity contribution in [2.24, 2.45) is 10.4 Å². The maximum Gasteiger partial charge on any atom is 0.161 e. The van der Waals surface area contributed by atoms with E-state index in [0.29, 0.717) is 5.02 Å². The molecule has 0 aliphatic carbocycles. The van der Waals surface area contributed by atoms with Gasteiger partial charge in [-0.15, -0.1) is 0 Å². The Bertz CT molecular complexity index is 514. The van der Waals surface area contributed by atoms with Gasteiger partial charge in [-0.2, -0.15) is 0 Å². The number of methoxy groups -OCH3 is 1. The summed E-state index contributed by atoms with van der Waals surface area (Å²) in [5.74, 6) is 1.80. The number of anilines is 1. The molecule has 0 spiro atoms. The molecule has 1 heterocycles. The van der Waals surface area contributed by atoms with Crippen LogP contribution < -0.4 is 10.1 Å². The number of nitrogens with zero attached hydrogens (tertiary/aromatic N) is 1. The second-order valence-corrected chi connectivity index (χ2v) is 6.87. The molecular weight excluding hydrogens is 280 g/mol. The van der Waals surface area contributed by atoms with Gasteiger partial charge in [-0.1, -0.05) is 37.2 Å². The van der Waals surface area contributed by atoms with E-state index in [4.69, 9.17) is 16.3 Å². The van der Waals surface area contributed by atoms with Crippen LogP contribution >= 0.6 is 23.4 Å². The molecule has 0 fully saturated rings. The summed E-state index contributed by atoms with van der Waals surface area (Å²) in [5, 5.41) is 4.99. The average molecular weight is 299 g/mol. The number of hydrogen-bond donors (Lipinski definition) is 1. The van der Waals surface area contributed by atoms with Crippen LogP contribution in [-0.2, 0) is 0 Å². The summed E-state index contributed by atoms with van der Waals surface area (Å²) in [6.07, 6.45) is 0. The molecule has 104 valence electrons. The molecule has 0 unspecified atom stereocenters. The van der Waals surface area contributed by atoms with E-state index in [-0.39, 0.29) is 5.41 Å². The van der Waals surface area contributed by atoms with Gasteiger partial charge >= 0.3 is 0 Å². The first-order chi connectivity index (χ1) is 8.91. The summed E-state index contributed by atoms with van der Waals surface area (Å²) in [7, 11) is 1.64. The lowest BCUT2D eigenvalue weighted by Crippen LogP contribution is -2.27. The van der Waals surface area contributed by atoms with Crippen LogP contribution in [-0.4, -0.2) is 24.6 Å². The maximum atomic E-state index is 6.10. The lowest BCUT2D eigenvalue weighted by molar-refractivity contribution is 0.417. The zero-order valence-electron chi connectivity index (χ0n) is 11.7. The van der Waals surface area contributed by atoms with Crippen LogP contribution in [0.4, 0.5) is 5.69 Å². The first-order valence-electron chi connectivity index (χ1n) is 6.20. The van der Waals surface area contributed by atoms with Crippen LogP contribution in [0.25, 0.3) is 0 Å². The van der Waals surface area contributed by atoms with Crippen LogP contribution in [0.5, 0.6) is 5.75 Å². The normalized spacial score (nSPS) is 17.8. The molecule has 0 bridgehead atoms. The number of nitrogens with one attached hydrogen (secondary N) is 1. The van der Waals surface area contributed by atoms with Gasteiger partial charge in [-0.25, -0.2) is 0 Å². The molecule has 3 nitrogen and oxygen atoms in total. The molecule has 19 heavy (non-hydrogen) atoms. The molecule has 0 saturated carbocycles. The molecule has 0 radical (unpaired) electrons. The van der Waals surface area contributed by atoms with Gasteiger partial charge in [0.1, 0.15) is 5.75 Å². The summed E-state index contributed by atoms with van der Waals surface area (Å²) in [5.41, 5.74) is 2.21. The Morgan fingerprint density at radius 1 is 1.42 bits per heavy atom. The van der Waals surface area contributed by atoms with Gasteiger partial charge in [0.2, 0.25) is 0 Å². The van der Waals surface area contributed by atoms with Gasteiger partial charge in [0.25, 0.3) is 0 Å². The number of amidine groups is 1. The quantitative estimate of drug-likeness (QED) is 0.888. The third-order valence-electron chi connectivity index (χ3n) is 2.97. The van der Waals surface area contributed by atoms with Crippen molar-refractivity contribution in [3.8, 4) is 5.75 Å². The van der Waals surface area contributed by atoms with Crippen LogP contribution in [0.3, 0.4) is 0 Å². The summed E-state index contributed by atoms with van der Waals surface area (Å²) >= 11 is 7.85. The topological polar surface area (TPSA) is 33.6 Å². The standard InChI is InChI=1S/C14H19ClN2OS/c1-9-5-11(12(18-4)6-10(9)15)17-13-16-7-14(2,3)8-19-13/h5-6H,7-8H2,1-4H3,(H,16,17). The third-order valence-corrected chi connectivity index (χ3v) is 4.81. The van der Waals surface area contributed by atoms with Crippen molar-refractivity contribution in [3.63, 3.8) is 0 Å². The molecule has 1 N–H and O–H groups in total. The molecule has 5 heteroatoms. The predicted octanol–water partition coefficient (Wildman–Crippen LogP) is 4.20. The highest BCUT2D eigenvalue weighted by Crippen LogP contribution is 2.33. The van der Waals surface area contributed by atoms with Crippen molar-refractivity contribution < 1.29 is 4.74 Å². The van der Waals surface area contributed by atoms with Gasteiger partial charge in [0.15, 0.2) is 5.17 Å². The molecule has 2 rings (SSSR count). The molecule has 1 aromatic carbocycles. The lowest BCUT2D eigenvalue weighted by Gasteiger charge is -2.27. The Hall–Kier alpha value is -0.870. The van der Waals surface area contributed by atoms with Gasteiger partial charge < -0.3 is 10.1 Å². The summed E-state index contributed by atoms with van der Waals surface area (Å²) in [6.45, 7) is 7.28. The minimum atomic E-state index is 0.274. The summed E-state index contributed by atoms with van der Waals surface area (Å²) in [6, 6.07) is 3.82. The lowest BCUT2D eigenvalue weighted by atomic mass is 9.97. The minimum Gasteiger partial charge on any atom is -0.495 e. The van der Waals surface area contributed by atoms with Crippen molar-refractivity contribution in [2.45, 2.75) is 20.8 Å². The minimum absolute atomic E-state index is 0.274. The van der Waals surface area contributed by atoms with E-state index >= 15 is 0 Å². The Balaban J connectivity index is 2.20. The molecule has 0 aromatic heterocycles. The Morgan fingerprint density at radius 3 is 2.74 bits per heavy atom. The van der Waals surface area contributed by atoms with Crippen LogP contribution in [0, 0.1) is 12.3 Å². The molecule has 0 atom stereocenters. The second-order valence-electron chi connectivity index (χ2n) is 5.50. The fourth-order valence-electron chi connectivity index (χ4n) is 1.76. The van der Waals surface area contributed by atoms with Crippen LogP contribution in [0.1, 0.15) is 19.4 Å². The van der Waals surface area contributed by atoms with Crippen molar-refractivity contribution in [2.75, 3.05) is 24.7 Å². The number of ether oxygens (including phenoxy) is 1. The largest absolute Gasteiger partial charge is 0.495 e. The first-order valence-corrected chi connectivity index (χ1v) is 7.56. The summed E-state index contributed by atoms with van der Waals surface area (Å²) in [4.78, 5) is 4.58. The number of aryl methyl sites for hydroxylation is 1. The van der Waals surface area contributed by atoms with Crippen molar-refractivity contribution in [1.82, 2.24) is 0 Å².